The predicted molar refractivity (Wildman–Crippen MR) is 85.9 cm³/mol. The van der Waals surface area contributed by atoms with Gasteiger partial charge in [0, 0.05) is 12.3 Å². The number of aromatic nitrogens is 3. The third-order valence-corrected chi connectivity index (χ3v) is 4.52. The number of hydrazone groups is 1. The Morgan fingerprint density at radius 3 is 2.78 bits per heavy atom. The van der Waals surface area contributed by atoms with Crippen molar-refractivity contribution >= 4 is 11.6 Å². The second kappa shape index (κ2) is 5.95. The summed E-state index contributed by atoms with van der Waals surface area (Å²) in [5.41, 5.74) is 2.04. The highest BCUT2D eigenvalue weighted by molar-refractivity contribution is 6.02. The van der Waals surface area contributed by atoms with Crippen molar-refractivity contribution in [1.82, 2.24) is 19.8 Å². The summed E-state index contributed by atoms with van der Waals surface area (Å²) >= 11 is 0. The van der Waals surface area contributed by atoms with Crippen LogP contribution in [0.1, 0.15) is 43.0 Å². The van der Waals surface area contributed by atoms with Gasteiger partial charge in [-0.05, 0) is 18.4 Å². The number of nitrogens with zero attached hydrogens (tertiary/aromatic N) is 5. The molecule has 0 unspecified atom stereocenters. The highest BCUT2D eigenvalue weighted by Gasteiger charge is 2.25. The minimum absolute atomic E-state index is 0.0407. The Hall–Kier alpha value is -2.50. The van der Waals surface area contributed by atoms with Crippen molar-refractivity contribution < 1.29 is 4.79 Å². The lowest BCUT2D eigenvalue weighted by Gasteiger charge is -2.21. The first kappa shape index (κ1) is 14.1. The van der Waals surface area contributed by atoms with Crippen molar-refractivity contribution in [2.75, 3.05) is 6.54 Å². The number of amides is 1. The standard InChI is InChI=1S/C17H19N5O/c23-16(11-21-12-18-17(20-21)14-7-4-8-14)22-10-9-15(19-22)13-5-2-1-3-6-13/h1-3,5-6,12,14H,4,7-11H2. The molecule has 0 spiro atoms. The van der Waals surface area contributed by atoms with E-state index in [2.05, 4.69) is 15.2 Å². The van der Waals surface area contributed by atoms with Gasteiger partial charge in [0.15, 0.2) is 5.82 Å². The van der Waals surface area contributed by atoms with E-state index in [1.165, 1.54) is 6.42 Å². The molecular weight excluding hydrogens is 290 g/mol. The van der Waals surface area contributed by atoms with Gasteiger partial charge in [-0.15, -0.1) is 0 Å². The summed E-state index contributed by atoms with van der Waals surface area (Å²) in [4.78, 5) is 16.7. The van der Waals surface area contributed by atoms with Gasteiger partial charge in [-0.3, -0.25) is 4.79 Å². The summed E-state index contributed by atoms with van der Waals surface area (Å²) in [5.74, 6) is 1.32. The zero-order valence-electron chi connectivity index (χ0n) is 12.9. The summed E-state index contributed by atoms with van der Waals surface area (Å²) in [6.07, 6.45) is 6.02. The van der Waals surface area contributed by atoms with Crippen LogP contribution in [0.15, 0.2) is 41.8 Å². The minimum atomic E-state index is -0.0407. The van der Waals surface area contributed by atoms with Crippen LogP contribution < -0.4 is 0 Å². The van der Waals surface area contributed by atoms with E-state index in [1.807, 2.05) is 30.3 Å². The molecule has 6 heteroatoms. The van der Waals surface area contributed by atoms with Crippen molar-refractivity contribution in [3.63, 3.8) is 0 Å². The molecule has 2 aliphatic rings. The molecule has 0 N–H and O–H groups in total. The van der Waals surface area contributed by atoms with Gasteiger partial charge in [0.05, 0.1) is 12.3 Å². The molecule has 6 nitrogen and oxygen atoms in total. The van der Waals surface area contributed by atoms with E-state index in [4.69, 9.17) is 0 Å². The number of rotatable bonds is 4. The highest BCUT2D eigenvalue weighted by Crippen LogP contribution is 2.33. The molecule has 4 rings (SSSR count). The zero-order chi connectivity index (χ0) is 15.6. The van der Waals surface area contributed by atoms with Crippen LogP contribution in [0.25, 0.3) is 0 Å². The summed E-state index contributed by atoms with van der Waals surface area (Å²) < 4.78 is 1.63. The Balaban J connectivity index is 1.41. The Bertz CT molecular complexity index is 732. The SMILES string of the molecule is O=C(Cn1cnc(C2CCC2)n1)N1CCC(c2ccccc2)=N1. The molecule has 0 radical (unpaired) electrons. The zero-order valence-corrected chi connectivity index (χ0v) is 12.9. The molecule has 0 saturated heterocycles. The molecule has 1 amide bonds. The van der Waals surface area contributed by atoms with Crippen LogP contribution >= 0.6 is 0 Å². The van der Waals surface area contributed by atoms with Crippen molar-refractivity contribution in [2.24, 2.45) is 5.10 Å². The van der Waals surface area contributed by atoms with E-state index >= 15 is 0 Å². The molecule has 1 aromatic heterocycles. The number of benzene rings is 1. The molecule has 23 heavy (non-hydrogen) atoms. The molecule has 0 bridgehead atoms. The number of carbonyl (C=O) groups is 1. The molecule has 1 aliphatic carbocycles. The highest BCUT2D eigenvalue weighted by atomic mass is 16.2. The molecule has 118 valence electrons. The average molecular weight is 309 g/mol. The fourth-order valence-electron chi connectivity index (χ4n) is 2.93. The molecule has 0 atom stereocenters. The summed E-state index contributed by atoms with van der Waals surface area (Å²) in [7, 11) is 0. The Morgan fingerprint density at radius 1 is 1.22 bits per heavy atom. The summed E-state index contributed by atoms with van der Waals surface area (Å²) in [5, 5.41) is 10.4. The molecule has 2 aromatic rings. The molecule has 1 aromatic carbocycles. The van der Waals surface area contributed by atoms with Gasteiger partial charge < -0.3 is 0 Å². The Morgan fingerprint density at radius 2 is 2.04 bits per heavy atom. The average Bonchev–Trinajstić information content (AvgIpc) is 3.16. The van der Waals surface area contributed by atoms with E-state index in [1.54, 1.807) is 16.0 Å². The van der Waals surface area contributed by atoms with Gasteiger partial charge in [-0.1, -0.05) is 36.8 Å². The van der Waals surface area contributed by atoms with Crippen LogP contribution in [0.3, 0.4) is 0 Å². The van der Waals surface area contributed by atoms with Crippen molar-refractivity contribution in [1.29, 1.82) is 0 Å². The second-order valence-corrected chi connectivity index (χ2v) is 6.11. The first-order valence-electron chi connectivity index (χ1n) is 8.12. The first-order chi connectivity index (χ1) is 11.3. The minimum Gasteiger partial charge on any atom is -0.271 e. The Labute approximate surface area is 134 Å². The van der Waals surface area contributed by atoms with Crippen molar-refractivity contribution in [2.45, 2.75) is 38.1 Å². The number of hydrogen-bond acceptors (Lipinski definition) is 4. The smallest absolute Gasteiger partial charge is 0.264 e. The van der Waals surface area contributed by atoms with E-state index < -0.39 is 0 Å². The fourth-order valence-corrected chi connectivity index (χ4v) is 2.93. The second-order valence-electron chi connectivity index (χ2n) is 6.11. The predicted octanol–water partition coefficient (Wildman–Crippen LogP) is 2.18. The lowest BCUT2D eigenvalue weighted by atomic mass is 9.85. The Kier molecular flexibility index (Phi) is 3.65. The fraction of sp³-hybridized carbons (Fsp3) is 0.412. The lowest BCUT2D eigenvalue weighted by molar-refractivity contribution is -0.131. The van der Waals surface area contributed by atoms with E-state index in [9.17, 15) is 4.79 Å². The molecule has 2 heterocycles. The van der Waals surface area contributed by atoms with Gasteiger partial charge in [-0.25, -0.2) is 14.7 Å². The van der Waals surface area contributed by atoms with E-state index in [0.29, 0.717) is 12.5 Å². The number of carbonyl (C=O) groups excluding carboxylic acids is 1. The first-order valence-corrected chi connectivity index (χ1v) is 8.12. The van der Waals surface area contributed by atoms with Gasteiger partial charge in [0.1, 0.15) is 12.9 Å². The lowest BCUT2D eigenvalue weighted by Crippen LogP contribution is -2.28. The maximum absolute atomic E-state index is 12.4. The third kappa shape index (κ3) is 2.88. The maximum Gasteiger partial charge on any atom is 0.264 e. The third-order valence-electron chi connectivity index (χ3n) is 4.52. The van der Waals surface area contributed by atoms with Gasteiger partial charge in [0.2, 0.25) is 0 Å². The molecule has 1 saturated carbocycles. The maximum atomic E-state index is 12.4. The van der Waals surface area contributed by atoms with Gasteiger partial charge in [0.25, 0.3) is 5.91 Å². The largest absolute Gasteiger partial charge is 0.271 e. The van der Waals surface area contributed by atoms with Crippen LogP contribution in [0.2, 0.25) is 0 Å². The van der Waals surface area contributed by atoms with Gasteiger partial charge in [-0.2, -0.15) is 10.2 Å². The van der Waals surface area contributed by atoms with Crippen LogP contribution in [0.4, 0.5) is 0 Å². The van der Waals surface area contributed by atoms with E-state index in [-0.39, 0.29) is 12.5 Å². The monoisotopic (exact) mass is 309 g/mol. The number of hydrogen-bond donors (Lipinski definition) is 0. The quantitative estimate of drug-likeness (QED) is 0.869. The summed E-state index contributed by atoms with van der Waals surface area (Å²) in [6, 6.07) is 10.00. The van der Waals surface area contributed by atoms with Crippen LogP contribution in [-0.4, -0.2) is 37.9 Å². The molecule has 1 fully saturated rings. The van der Waals surface area contributed by atoms with Crippen LogP contribution in [0, 0.1) is 0 Å². The normalized spacial score (nSPS) is 17.9. The topological polar surface area (TPSA) is 63.4 Å². The van der Waals surface area contributed by atoms with Crippen molar-refractivity contribution in [3.8, 4) is 0 Å². The summed E-state index contributed by atoms with van der Waals surface area (Å²) in [6.45, 7) is 0.832. The van der Waals surface area contributed by atoms with E-state index in [0.717, 1.165) is 36.4 Å². The van der Waals surface area contributed by atoms with Gasteiger partial charge >= 0.3 is 0 Å². The van der Waals surface area contributed by atoms with Crippen LogP contribution in [-0.2, 0) is 11.3 Å². The molecule has 1 aliphatic heterocycles. The molecular formula is C17H19N5O. The van der Waals surface area contributed by atoms with Crippen molar-refractivity contribution in [3.05, 3.63) is 48.0 Å². The van der Waals surface area contributed by atoms with Crippen LogP contribution in [0.5, 0.6) is 0 Å².